The van der Waals surface area contributed by atoms with Gasteiger partial charge in [-0.25, -0.2) is 14.4 Å². The summed E-state index contributed by atoms with van der Waals surface area (Å²) in [4.78, 5) is 51.8. The Hall–Kier alpha value is -4.65. The third-order valence-corrected chi connectivity index (χ3v) is 11.1. The van der Waals surface area contributed by atoms with Crippen LogP contribution in [-0.4, -0.2) is 52.7 Å². The molecule has 7 rings (SSSR count). The Morgan fingerprint density at radius 2 is 0.704 bits per heavy atom. The maximum Gasteiger partial charge on any atom is 0.355 e. The molecule has 0 atom stereocenters. The first kappa shape index (κ1) is 37.7. The molecule has 0 bridgehead atoms. The molecule has 0 unspecified atom stereocenters. The van der Waals surface area contributed by atoms with Crippen LogP contribution in [0.5, 0.6) is 0 Å². The average molecular weight is 918 g/mol. The van der Waals surface area contributed by atoms with Gasteiger partial charge in [-0.3, -0.25) is 0 Å². The number of ether oxygens (including phenoxy) is 3. The lowest BCUT2D eigenvalue weighted by Crippen LogP contribution is -2.07. The molecule has 0 spiro atoms. The molecule has 1 aliphatic carbocycles. The molecule has 12 heteroatoms. The SMILES string of the molecule is CCOC(=O)c1[nH]c2c(c1-c1ccc(Br)cc1)Cc1[nH]c(C(=O)OCC)c(-c3ccc(Br)cc3)c1Cc1[nH]c(C(=O)OCC)c(-c3ccc(Br)cc3)c1C2. The molecule has 54 heavy (non-hydrogen) atoms. The number of aromatic amines is 3. The summed E-state index contributed by atoms with van der Waals surface area (Å²) >= 11 is 10.7. The Morgan fingerprint density at radius 3 is 0.926 bits per heavy atom. The predicted molar refractivity (Wildman–Crippen MR) is 218 cm³/mol. The topological polar surface area (TPSA) is 126 Å². The normalized spacial score (nSPS) is 12.1. The van der Waals surface area contributed by atoms with Crippen LogP contribution in [0.3, 0.4) is 0 Å². The first-order valence-corrected chi connectivity index (χ1v) is 20.0. The number of carbonyl (C=O) groups is 3. The van der Waals surface area contributed by atoms with Crippen LogP contribution in [0.4, 0.5) is 0 Å². The maximum atomic E-state index is 13.8. The van der Waals surface area contributed by atoms with Crippen LogP contribution in [0.15, 0.2) is 86.2 Å². The Morgan fingerprint density at radius 1 is 0.463 bits per heavy atom. The molecular formula is C42H36Br3N3O6. The third kappa shape index (κ3) is 7.26. The van der Waals surface area contributed by atoms with Crippen LogP contribution in [0.25, 0.3) is 33.4 Å². The van der Waals surface area contributed by atoms with Crippen molar-refractivity contribution in [3.63, 3.8) is 0 Å². The van der Waals surface area contributed by atoms with Crippen molar-refractivity contribution < 1.29 is 28.6 Å². The van der Waals surface area contributed by atoms with Crippen molar-refractivity contribution in [1.82, 2.24) is 15.0 Å². The molecule has 0 saturated heterocycles. The second kappa shape index (κ2) is 16.0. The predicted octanol–water partition coefficient (Wildman–Crippen LogP) is 10.6. The van der Waals surface area contributed by atoms with Gasteiger partial charge in [0.2, 0.25) is 0 Å². The van der Waals surface area contributed by atoms with Crippen molar-refractivity contribution in [3.8, 4) is 33.4 Å². The molecule has 6 aromatic rings. The minimum Gasteiger partial charge on any atom is -0.461 e. The van der Waals surface area contributed by atoms with Gasteiger partial charge in [0.05, 0.1) is 19.8 Å². The fourth-order valence-corrected chi connectivity index (χ4v) is 8.01. The van der Waals surface area contributed by atoms with Crippen molar-refractivity contribution in [2.24, 2.45) is 0 Å². The Labute approximate surface area is 337 Å². The van der Waals surface area contributed by atoms with E-state index in [0.717, 1.165) is 63.9 Å². The number of halogens is 3. The van der Waals surface area contributed by atoms with Gasteiger partial charge in [0.15, 0.2) is 0 Å². The van der Waals surface area contributed by atoms with Gasteiger partial charge < -0.3 is 29.2 Å². The van der Waals surface area contributed by atoms with E-state index in [9.17, 15) is 14.4 Å². The van der Waals surface area contributed by atoms with Gasteiger partial charge in [-0.05, 0) is 90.6 Å². The second-order valence-electron chi connectivity index (χ2n) is 12.7. The first-order chi connectivity index (χ1) is 26.1. The number of esters is 3. The molecule has 9 nitrogen and oxygen atoms in total. The van der Waals surface area contributed by atoms with Crippen LogP contribution in [0.2, 0.25) is 0 Å². The molecule has 3 aromatic heterocycles. The number of nitrogens with one attached hydrogen (secondary N) is 3. The van der Waals surface area contributed by atoms with Gasteiger partial charge in [0.1, 0.15) is 17.1 Å². The lowest BCUT2D eigenvalue weighted by Gasteiger charge is -2.11. The summed E-state index contributed by atoms with van der Waals surface area (Å²) in [6.07, 6.45) is 1.03. The Balaban J connectivity index is 1.59. The monoisotopic (exact) mass is 915 g/mol. The fourth-order valence-electron chi connectivity index (χ4n) is 7.21. The molecule has 0 fully saturated rings. The molecule has 1 aliphatic rings. The summed E-state index contributed by atoms with van der Waals surface area (Å²) < 4.78 is 19.5. The Kier molecular flexibility index (Phi) is 11.1. The van der Waals surface area contributed by atoms with E-state index < -0.39 is 17.9 Å². The standard InChI is InChI=1S/C42H36Br3N3O6/c1-4-52-40(49)37-34(22-7-13-25(43)14-8-22)28-19-32-30(36(24-11-17-27(45)18-12-24)39(47-32)42(51)54-6-3)21-33-29(20-31(28)46-37)35(23-9-15-26(44)16-10-23)38(48-33)41(50)53-5-2/h7-18,46-48H,4-6,19-21H2,1-3H3. The van der Waals surface area contributed by atoms with Crippen molar-refractivity contribution in [1.29, 1.82) is 0 Å². The van der Waals surface area contributed by atoms with Gasteiger partial charge in [0.25, 0.3) is 0 Å². The van der Waals surface area contributed by atoms with Gasteiger partial charge >= 0.3 is 17.9 Å². The zero-order chi connectivity index (χ0) is 38.1. The van der Waals surface area contributed by atoms with Crippen LogP contribution in [0.1, 0.15) is 86.0 Å². The summed E-state index contributed by atoms with van der Waals surface area (Å²) in [5.74, 6) is -1.45. The highest BCUT2D eigenvalue weighted by Crippen LogP contribution is 2.43. The number of fused-ring (bicyclic) bond motifs is 3. The highest BCUT2D eigenvalue weighted by atomic mass is 79.9. The first-order valence-electron chi connectivity index (χ1n) is 17.6. The highest BCUT2D eigenvalue weighted by molar-refractivity contribution is 9.11. The maximum absolute atomic E-state index is 13.8. The summed E-state index contributed by atoms with van der Waals surface area (Å²) in [6.45, 7) is 5.92. The molecular weight excluding hydrogens is 882 g/mol. The quantitative estimate of drug-likeness (QED) is 0.0978. The fraction of sp³-hybridized carbons (Fsp3) is 0.214. The summed E-state index contributed by atoms with van der Waals surface area (Å²) in [7, 11) is 0. The smallest absolute Gasteiger partial charge is 0.355 e. The van der Waals surface area contributed by atoms with E-state index in [1.54, 1.807) is 20.8 Å². The lowest BCUT2D eigenvalue weighted by atomic mass is 9.93. The largest absolute Gasteiger partial charge is 0.461 e. The number of carbonyl (C=O) groups excluding carboxylic acids is 3. The number of benzene rings is 3. The average Bonchev–Trinajstić information content (AvgIpc) is 3.82. The Bertz CT molecular complexity index is 2110. The van der Waals surface area contributed by atoms with E-state index in [0.29, 0.717) is 53.0 Å². The summed E-state index contributed by atoms with van der Waals surface area (Å²) in [5, 5.41) is 0. The van der Waals surface area contributed by atoms with Gasteiger partial charge in [-0.1, -0.05) is 84.2 Å². The third-order valence-electron chi connectivity index (χ3n) is 9.47. The van der Waals surface area contributed by atoms with Crippen LogP contribution in [-0.2, 0) is 33.5 Å². The van der Waals surface area contributed by atoms with Gasteiger partial charge in [-0.15, -0.1) is 0 Å². The van der Waals surface area contributed by atoms with E-state index in [2.05, 4.69) is 62.7 Å². The number of hydrogen-bond acceptors (Lipinski definition) is 6. The minimum atomic E-state index is -0.482. The van der Waals surface area contributed by atoms with Crippen LogP contribution in [0, 0.1) is 0 Å². The van der Waals surface area contributed by atoms with Crippen molar-refractivity contribution in [3.05, 3.63) is 137 Å². The zero-order valence-electron chi connectivity index (χ0n) is 29.8. The van der Waals surface area contributed by atoms with E-state index >= 15 is 0 Å². The summed E-state index contributed by atoms with van der Waals surface area (Å²) in [5.41, 5.74) is 10.4. The molecule has 0 radical (unpaired) electrons. The van der Waals surface area contributed by atoms with Gasteiger partial charge in [0, 0.05) is 66.5 Å². The van der Waals surface area contributed by atoms with E-state index in [-0.39, 0.29) is 19.8 Å². The molecule has 3 heterocycles. The van der Waals surface area contributed by atoms with E-state index in [1.807, 2.05) is 72.8 Å². The summed E-state index contributed by atoms with van der Waals surface area (Å²) in [6, 6.07) is 23.4. The number of rotatable bonds is 9. The number of aromatic nitrogens is 3. The van der Waals surface area contributed by atoms with Crippen LogP contribution >= 0.6 is 47.8 Å². The van der Waals surface area contributed by atoms with Crippen molar-refractivity contribution in [2.75, 3.05) is 19.8 Å². The zero-order valence-corrected chi connectivity index (χ0v) is 34.5. The van der Waals surface area contributed by atoms with Crippen molar-refractivity contribution >= 4 is 65.7 Å². The van der Waals surface area contributed by atoms with Crippen molar-refractivity contribution in [2.45, 2.75) is 40.0 Å². The molecule has 0 aliphatic heterocycles. The molecule has 3 N–H and O–H groups in total. The van der Waals surface area contributed by atoms with Gasteiger partial charge in [-0.2, -0.15) is 0 Å². The number of hydrogen-bond donors (Lipinski definition) is 3. The molecule has 276 valence electrons. The molecule has 0 saturated carbocycles. The molecule has 0 amide bonds. The van der Waals surface area contributed by atoms with E-state index in [1.165, 1.54) is 0 Å². The number of H-pyrrole nitrogens is 3. The second-order valence-corrected chi connectivity index (χ2v) is 15.5. The highest BCUT2D eigenvalue weighted by Gasteiger charge is 2.34. The van der Waals surface area contributed by atoms with E-state index in [4.69, 9.17) is 14.2 Å². The van der Waals surface area contributed by atoms with Crippen LogP contribution < -0.4 is 0 Å². The molecule has 3 aromatic carbocycles. The minimum absolute atomic E-state index is 0.196. The lowest BCUT2D eigenvalue weighted by molar-refractivity contribution is 0.0511.